The van der Waals surface area contributed by atoms with Gasteiger partial charge in [0.05, 0.1) is 23.5 Å². The molecule has 4 rings (SSSR count). The van der Waals surface area contributed by atoms with E-state index in [-0.39, 0.29) is 12.1 Å². The van der Waals surface area contributed by atoms with Gasteiger partial charge in [0.15, 0.2) is 5.11 Å². The first-order valence-corrected chi connectivity index (χ1v) is 12.1. The van der Waals surface area contributed by atoms with Gasteiger partial charge in [-0.25, -0.2) is 0 Å². The van der Waals surface area contributed by atoms with E-state index in [1.165, 1.54) is 33.8 Å². The molecule has 1 N–H and O–H groups in total. The van der Waals surface area contributed by atoms with Gasteiger partial charge in [-0.1, -0.05) is 31.2 Å². The molecule has 1 aromatic carbocycles. The fraction of sp³-hybridized carbons (Fsp3) is 0.407. The minimum absolute atomic E-state index is 0.0114. The van der Waals surface area contributed by atoms with E-state index in [1.807, 2.05) is 12.3 Å². The molecule has 0 spiro atoms. The number of thiocarbonyl (C=S) groups is 1. The Balaban J connectivity index is 1.85. The van der Waals surface area contributed by atoms with Crippen LogP contribution in [-0.2, 0) is 6.42 Å². The first-order chi connectivity index (χ1) is 15.8. The fourth-order valence-electron chi connectivity index (χ4n) is 5.05. The molecule has 1 aliphatic rings. The molecule has 0 unspecified atom stereocenters. The van der Waals surface area contributed by atoms with Gasteiger partial charge in [-0.2, -0.15) is 0 Å². The van der Waals surface area contributed by atoms with E-state index in [4.69, 9.17) is 17.2 Å². The molecule has 3 aromatic rings. The second-order valence-corrected chi connectivity index (χ2v) is 9.61. The summed E-state index contributed by atoms with van der Waals surface area (Å²) in [7, 11) is 4.21. The Morgan fingerprint density at radius 1 is 1.09 bits per heavy atom. The van der Waals surface area contributed by atoms with Crippen molar-refractivity contribution in [2.24, 2.45) is 0 Å². The summed E-state index contributed by atoms with van der Waals surface area (Å²) in [6, 6.07) is 15.2. The van der Waals surface area contributed by atoms with Crippen molar-refractivity contribution in [2.75, 3.05) is 27.2 Å². The predicted octanol–water partition coefficient (Wildman–Crippen LogP) is 4.89. The van der Waals surface area contributed by atoms with Crippen LogP contribution in [0.2, 0.25) is 0 Å². The van der Waals surface area contributed by atoms with Crippen LogP contribution >= 0.6 is 12.2 Å². The number of para-hydroxylation sites is 1. The Kier molecular flexibility index (Phi) is 6.86. The van der Waals surface area contributed by atoms with Crippen LogP contribution in [0.15, 0.2) is 48.7 Å². The van der Waals surface area contributed by atoms with Crippen LogP contribution in [0.1, 0.15) is 52.8 Å². The molecule has 1 aliphatic heterocycles. The lowest BCUT2D eigenvalue weighted by molar-refractivity contribution is 0.277. The molecule has 0 amide bonds. The van der Waals surface area contributed by atoms with Crippen LogP contribution in [-0.4, -0.2) is 51.6 Å². The van der Waals surface area contributed by atoms with Gasteiger partial charge in [0.1, 0.15) is 0 Å². The van der Waals surface area contributed by atoms with Crippen LogP contribution in [0.3, 0.4) is 0 Å². The minimum atomic E-state index is 0.0114. The molecule has 1 saturated heterocycles. The van der Waals surface area contributed by atoms with Crippen molar-refractivity contribution in [3.63, 3.8) is 0 Å². The monoisotopic (exact) mass is 461 g/mol. The van der Waals surface area contributed by atoms with Gasteiger partial charge < -0.3 is 19.7 Å². The predicted molar refractivity (Wildman–Crippen MR) is 140 cm³/mol. The van der Waals surface area contributed by atoms with Gasteiger partial charge in [0.2, 0.25) is 0 Å². The topological polar surface area (TPSA) is 36.3 Å². The number of pyridine rings is 1. The van der Waals surface area contributed by atoms with E-state index in [0.717, 1.165) is 30.3 Å². The lowest BCUT2D eigenvalue weighted by atomic mass is 9.96. The zero-order valence-corrected chi connectivity index (χ0v) is 21.4. The highest BCUT2D eigenvalue weighted by atomic mass is 32.1. The standard InChI is InChI=1S/C27H35N5S/c1-7-21-12-10-11-18(2)25(21)32-19(3)17-22(20(32)4)26-24(23-13-8-9-14-28-23)29-27(33)31(26)16-15-30(5)6/h8-14,17,24,26H,7,15-16H2,1-6H3,(H,29,33)/t24-,26+/m1/s1. The third kappa shape index (κ3) is 4.42. The van der Waals surface area contributed by atoms with Crippen molar-refractivity contribution in [3.8, 4) is 5.69 Å². The van der Waals surface area contributed by atoms with Crippen LogP contribution in [0.25, 0.3) is 5.69 Å². The highest BCUT2D eigenvalue weighted by molar-refractivity contribution is 7.80. The van der Waals surface area contributed by atoms with Gasteiger partial charge >= 0.3 is 0 Å². The molecule has 2 aromatic heterocycles. The fourth-order valence-corrected chi connectivity index (χ4v) is 5.38. The molecule has 2 atom stereocenters. The molecule has 0 bridgehead atoms. The van der Waals surface area contributed by atoms with E-state index in [0.29, 0.717) is 0 Å². The molecule has 3 heterocycles. The second-order valence-electron chi connectivity index (χ2n) is 9.22. The average Bonchev–Trinajstić information content (AvgIpc) is 3.27. The van der Waals surface area contributed by atoms with Crippen molar-refractivity contribution in [1.29, 1.82) is 0 Å². The minimum Gasteiger partial charge on any atom is -0.352 e. The molecule has 5 nitrogen and oxygen atoms in total. The third-order valence-corrected chi connectivity index (χ3v) is 7.05. The molecule has 1 fully saturated rings. The van der Waals surface area contributed by atoms with Crippen LogP contribution in [0.5, 0.6) is 0 Å². The Labute approximate surface area is 203 Å². The van der Waals surface area contributed by atoms with Gasteiger partial charge in [-0.05, 0) is 88.4 Å². The second kappa shape index (κ2) is 9.65. The summed E-state index contributed by atoms with van der Waals surface area (Å²) in [5, 5.41) is 4.39. The summed E-state index contributed by atoms with van der Waals surface area (Å²) in [6.45, 7) is 10.7. The van der Waals surface area contributed by atoms with Crippen LogP contribution < -0.4 is 5.32 Å². The highest BCUT2D eigenvalue weighted by Gasteiger charge is 2.41. The highest BCUT2D eigenvalue weighted by Crippen LogP contribution is 2.41. The molecular weight excluding hydrogens is 426 g/mol. The van der Waals surface area contributed by atoms with Gasteiger partial charge in [-0.15, -0.1) is 0 Å². The van der Waals surface area contributed by atoms with Crippen LogP contribution in [0.4, 0.5) is 0 Å². The van der Waals surface area contributed by atoms with Crippen molar-refractivity contribution >= 4 is 17.3 Å². The quantitative estimate of drug-likeness (QED) is 0.507. The summed E-state index contributed by atoms with van der Waals surface area (Å²) in [4.78, 5) is 9.25. The van der Waals surface area contributed by atoms with Crippen molar-refractivity contribution in [2.45, 2.75) is 46.2 Å². The molecule has 33 heavy (non-hydrogen) atoms. The molecule has 6 heteroatoms. The maximum atomic E-state index is 5.85. The number of benzene rings is 1. The van der Waals surface area contributed by atoms with Crippen molar-refractivity contribution in [1.82, 2.24) is 24.7 Å². The normalized spacial score (nSPS) is 18.3. The van der Waals surface area contributed by atoms with Crippen LogP contribution in [0, 0.1) is 20.8 Å². The van der Waals surface area contributed by atoms with E-state index in [9.17, 15) is 0 Å². The van der Waals surface area contributed by atoms with Gasteiger partial charge in [0, 0.05) is 30.7 Å². The van der Waals surface area contributed by atoms with Crippen molar-refractivity contribution < 1.29 is 0 Å². The first-order valence-electron chi connectivity index (χ1n) is 11.7. The first kappa shape index (κ1) is 23.5. The SMILES string of the molecule is CCc1cccc(C)c1-n1c(C)cc([C@H]2[C@@H](c3ccccn3)NC(=S)N2CCN(C)C)c1C. The number of hydrogen-bond acceptors (Lipinski definition) is 3. The molecule has 0 saturated carbocycles. The number of likely N-dealkylation sites (N-methyl/N-ethyl adjacent to an activating group) is 1. The summed E-state index contributed by atoms with van der Waals surface area (Å²) in [5.74, 6) is 0. The lowest BCUT2D eigenvalue weighted by Gasteiger charge is -2.29. The molecule has 0 radical (unpaired) electrons. The zero-order valence-electron chi connectivity index (χ0n) is 20.6. The third-order valence-electron chi connectivity index (χ3n) is 6.70. The number of nitrogens with zero attached hydrogens (tertiary/aromatic N) is 4. The Hall–Kier alpha value is -2.70. The Bertz CT molecular complexity index is 1130. The number of hydrogen-bond donors (Lipinski definition) is 1. The van der Waals surface area contributed by atoms with E-state index >= 15 is 0 Å². The van der Waals surface area contributed by atoms with Gasteiger partial charge in [0.25, 0.3) is 0 Å². The number of aryl methyl sites for hydroxylation is 3. The van der Waals surface area contributed by atoms with Gasteiger partial charge in [-0.3, -0.25) is 4.98 Å². The summed E-state index contributed by atoms with van der Waals surface area (Å²) >= 11 is 5.85. The number of rotatable bonds is 7. The molecule has 0 aliphatic carbocycles. The number of aromatic nitrogens is 2. The number of nitrogens with one attached hydrogen (secondary N) is 1. The van der Waals surface area contributed by atoms with Crippen molar-refractivity contribution in [3.05, 3.63) is 82.4 Å². The largest absolute Gasteiger partial charge is 0.352 e. The molecule has 174 valence electrons. The zero-order chi connectivity index (χ0) is 23.7. The summed E-state index contributed by atoms with van der Waals surface area (Å²) in [5.41, 5.74) is 8.82. The molecular formula is C27H35N5S. The Morgan fingerprint density at radius 3 is 2.55 bits per heavy atom. The summed E-state index contributed by atoms with van der Waals surface area (Å²) in [6.07, 6.45) is 2.87. The Morgan fingerprint density at radius 2 is 1.88 bits per heavy atom. The maximum Gasteiger partial charge on any atom is 0.170 e. The van der Waals surface area contributed by atoms with E-state index in [1.54, 1.807) is 0 Å². The lowest BCUT2D eigenvalue weighted by Crippen LogP contribution is -2.35. The van der Waals surface area contributed by atoms with E-state index in [2.05, 4.69) is 97.9 Å². The van der Waals surface area contributed by atoms with E-state index < -0.39 is 0 Å². The average molecular weight is 462 g/mol. The summed E-state index contributed by atoms with van der Waals surface area (Å²) < 4.78 is 2.43. The smallest absolute Gasteiger partial charge is 0.170 e. The maximum absolute atomic E-state index is 5.85.